The van der Waals surface area contributed by atoms with Crippen LogP contribution in [0.25, 0.3) is 0 Å². The van der Waals surface area contributed by atoms with Gasteiger partial charge in [0.05, 0.1) is 0 Å². The number of aromatic carboxylic acids is 1. The summed E-state index contributed by atoms with van der Waals surface area (Å²) in [5.74, 6) is -1.26. The van der Waals surface area contributed by atoms with Crippen molar-refractivity contribution >= 4 is 5.97 Å². The maximum atomic E-state index is 12.0. The number of carboxylic acid groups (broad SMARTS) is 1. The minimum absolute atomic E-state index is 0.0904. The monoisotopic (exact) mass is 170 g/mol. The first-order valence-corrected chi connectivity index (χ1v) is 3.27. The first-order valence-electron chi connectivity index (χ1n) is 3.27. The van der Waals surface area contributed by atoms with Crippen LogP contribution in [0.15, 0.2) is 6.07 Å². The van der Waals surface area contributed by atoms with Gasteiger partial charge in [0, 0.05) is 5.69 Å². The van der Waals surface area contributed by atoms with Gasteiger partial charge in [-0.2, -0.15) is 0 Å². The van der Waals surface area contributed by atoms with Gasteiger partial charge in [-0.1, -0.05) is 0 Å². The van der Waals surface area contributed by atoms with Crippen LogP contribution in [0, 0.1) is 6.92 Å². The molecular weight excluding hydrogens is 163 g/mol. The van der Waals surface area contributed by atoms with Gasteiger partial charge in [-0.3, -0.25) is 0 Å². The number of nitrogens with zero attached hydrogens (tertiary/aromatic N) is 2. The van der Waals surface area contributed by atoms with Crippen LogP contribution in [0.2, 0.25) is 0 Å². The third-order valence-corrected chi connectivity index (χ3v) is 1.24. The molecule has 0 aliphatic rings. The van der Waals surface area contributed by atoms with Gasteiger partial charge in [-0.25, -0.2) is 19.2 Å². The highest BCUT2D eigenvalue weighted by molar-refractivity contribution is 5.85. The Balaban J connectivity index is 3.15. The van der Waals surface area contributed by atoms with Gasteiger partial charge in [0.25, 0.3) is 0 Å². The van der Waals surface area contributed by atoms with E-state index in [-0.39, 0.29) is 11.5 Å². The number of aryl methyl sites for hydroxylation is 1. The van der Waals surface area contributed by atoms with Crippen LogP contribution >= 0.6 is 0 Å². The van der Waals surface area contributed by atoms with E-state index < -0.39 is 12.6 Å². The fourth-order valence-corrected chi connectivity index (χ4v) is 0.799. The van der Waals surface area contributed by atoms with Gasteiger partial charge in [0.1, 0.15) is 6.67 Å². The lowest BCUT2D eigenvalue weighted by atomic mass is 10.3. The Morgan fingerprint density at radius 2 is 2.33 bits per heavy atom. The van der Waals surface area contributed by atoms with Gasteiger partial charge >= 0.3 is 5.97 Å². The standard InChI is InChI=1S/C7H7FN2O2/c1-4-2-5(7(11)12)10-6(3-8)9-4/h2H,3H2,1H3,(H,11,12). The van der Waals surface area contributed by atoms with Crippen LogP contribution in [-0.4, -0.2) is 21.0 Å². The third-order valence-electron chi connectivity index (χ3n) is 1.24. The molecule has 0 aromatic carbocycles. The number of halogens is 1. The van der Waals surface area contributed by atoms with Crippen LogP contribution in [0.5, 0.6) is 0 Å². The molecule has 4 nitrogen and oxygen atoms in total. The summed E-state index contributed by atoms with van der Waals surface area (Å²) in [5, 5.41) is 8.52. The van der Waals surface area contributed by atoms with Crippen molar-refractivity contribution in [3.63, 3.8) is 0 Å². The van der Waals surface area contributed by atoms with Crippen LogP contribution in [0.1, 0.15) is 22.0 Å². The fourth-order valence-electron chi connectivity index (χ4n) is 0.799. The predicted molar refractivity (Wildman–Crippen MR) is 38.5 cm³/mol. The number of rotatable bonds is 2. The molecule has 1 aromatic heterocycles. The number of alkyl halides is 1. The van der Waals surface area contributed by atoms with Crippen molar-refractivity contribution in [1.82, 2.24) is 9.97 Å². The lowest BCUT2D eigenvalue weighted by Gasteiger charge is -1.98. The molecule has 0 atom stereocenters. The molecule has 0 saturated carbocycles. The Hall–Kier alpha value is -1.52. The van der Waals surface area contributed by atoms with E-state index in [0.717, 1.165) is 0 Å². The van der Waals surface area contributed by atoms with Crippen LogP contribution in [0.4, 0.5) is 4.39 Å². The average Bonchev–Trinajstić information content (AvgIpc) is 2.03. The lowest BCUT2D eigenvalue weighted by Crippen LogP contribution is -2.05. The number of carboxylic acids is 1. The molecule has 1 rings (SSSR count). The maximum absolute atomic E-state index is 12.0. The highest BCUT2D eigenvalue weighted by atomic mass is 19.1. The van der Waals surface area contributed by atoms with Crippen LogP contribution in [0.3, 0.4) is 0 Å². The summed E-state index contributed by atoms with van der Waals surface area (Å²) >= 11 is 0. The summed E-state index contributed by atoms with van der Waals surface area (Å²) in [6.45, 7) is 0.745. The van der Waals surface area contributed by atoms with Gasteiger partial charge in [-0.15, -0.1) is 0 Å². The molecule has 1 aromatic rings. The number of hydrogen-bond acceptors (Lipinski definition) is 3. The lowest BCUT2D eigenvalue weighted by molar-refractivity contribution is 0.0689. The molecule has 0 radical (unpaired) electrons. The number of carbonyl (C=O) groups is 1. The van der Waals surface area contributed by atoms with Crippen molar-refractivity contribution in [1.29, 1.82) is 0 Å². The molecule has 0 aliphatic heterocycles. The van der Waals surface area contributed by atoms with Crippen molar-refractivity contribution in [2.75, 3.05) is 0 Å². The summed E-state index contributed by atoms with van der Waals surface area (Å²) < 4.78 is 12.0. The average molecular weight is 170 g/mol. The minimum atomic E-state index is -1.17. The number of aromatic nitrogens is 2. The molecule has 1 N–H and O–H groups in total. The zero-order chi connectivity index (χ0) is 9.14. The van der Waals surface area contributed by atoms with Crippen molar-refractivity contribution in [3.8, 4) is 0 Å². The van der Waals surface area contributed by atoms with Crippen LogP contribution < -0.4 is 0 Å². The van der Waals surface area contributed by atoms with E-state index in [1.54, 1.807) is 6.92 Å². The zero-order valence-corrected chi connectivity index (χ0v) is 6.41. The van der Waals surface area contributed by atoms with E-state index >= 15 is 0 Å². The second-order valence-corrected chi connectivity index (χ2v) is 2.25. The third kappa shape index (κ3) is 1.75. The Morgan fingerprint density at radius 1 is 1.67 bits per heavy atom. The van der Waals surface area contributed by atoms with Gasteiger partial charge in [-0.05, 0) is 13.0 Å². The molecule has 64 valence electrons. The van der Waals surface area contributed by atoms with Crippen molar-refractivity contribution in [2.24, 2.45) is 0 Å². The molecule has 0 fully saturated rings. The molecule has 0 saturated heterocycles. The quantitative estimate of drug-likeness (QED) is 0.717. The molecule has 0 amide bonds. The molecule has 0 unspecified atom stereocenters. The Morgan fingerprint density at radius 3 is 2.83 bits per heavy atom. The van der Waals surface area contributed by atoms with E-state index in [0.29, 0.717) is 5.69 Å². The summed E-state index contributed by atoms with van der Waals surface area (Å²) in [6.07, 6.45) is 0. The Bertz CT molecular complexity index is 314. The van der Waals surface area contributed by atoms with Crippen molar-refractivity contribution in [3.05, 3.63) is 23.3 Å². The molecule has 0 spiro atoms. The van der Waals surface area contributed by atoms with E-state index in [1.807, 2.05) is 0 Å². The normalized spacial score (nSPS) is 9.83. The summed E-state index contributed by atoms with van der Waals surface area (Å²) in [7, 11) is 0. The Labute approximate surface area is 68.1 Å². The smallest absolute Gasteiger partial charge is 0.354 e. The summed E-state index contributed by atoms with van der Waals surface area (Å²) in [6, 6.07) is 1.29. The van der Waals surface area contributed by atoms with Gasteiger partial charge in [0.15, 0.2) is 11.5 Å². The second-order valence-electron chi connectivity index (χ2n) is 2.25. The van der Waals surface area contributed by atoms with E-state index in [4.69, 9.17) is 5.11 Å². The minimum Gasteiger partial charge on any atom is -0.477 e. The SMILES string of the molecule is Cc1cc(C(=O)O)nc(CF)n1. The topological polar surface area (TPSA) is 63.1 Å². The highest BCUT2D eigenvalue weighted by Crippen LogP contribution is 2.01. The fraction of sp³-hybridized carbons (Fsp3) is 0.286. The molecule has 12 heavy (non-hydrogen) atoms. The second kappa shape index (κ2) is 3.25. The molecule has 0 bridgehead atoms. The molecule has 5 heteroatoms. The zero-order valence-electron chi connectivity index (χ0n) is 6.41. The van der Waals surface area contributed by atoms with E-state index in [9.17, 15) is 9.18 Å². The van der Waals surface area contributed by atoms with Crippen molar-refractivity contribution < 1.29 is 14.3 Å². The molecule has 0 aliphatic carbocycles. The van der Waals surface area contributed by atoms with E-state index in [2.05, 4.69) is 9.97 Å². The predicted octanol–water partition coefficient (Wildman–Crippen LogP) is 0.953. The Kier molecular flexibility index (Phi) is 2.32. The maximum Gasteiger partial charge on any atom is 0.354 e. The first-order chi connectivity index (χ1) is 5.63. The van der Waals surface area contributed by atoms with Gasteiger partial charge in [0.2, 0.25) is 0 Å². The number of hydrogen-bond donors (Lipinski definition) is 1. The summed E-state index contributed by atoms with van der Waals surface area (Å²) in [5.41, 5.74) is 0.283. The summed E-state index contributed by atoms with van der Waals surface area (Å²) in [4.78, 5) is 17.6. The van der Waals surface area contributed by atoms with Gasteiger partial charge < -0.3 is 5.11 Å². The molecular formula is C7H7FN2O2. The first kappa shape index (κ1) is 8.58. The highest BCUT2D eigenvalue weighted by Gasteiger charge is 2.07. The largest absolute Gasteiger partial charge is 0.477 e. The molecule has 1 heterocycles. The van der Waals surface area contributed by atoms with Crippen molar-refractivity contribution in [2.45, 2.75) is 13.6 Å². The van der Waals surface area contributed by atoms with E-state index in [1.165, 1.54) is 6.07 Å². The van der Waals surface area contributed by atoms with Crippen LogP contribution in [-0.2, 0) is 6.67 Å².